The minimum Gasteiger partial charge on any atom is -0.267 e. The molecule has 0 N–H and O–H groups in total. The standard InChI is InChI=1S/C21H16N2O2S2/c24-20-17-10-4-5-12-19(17)26-21(23-20)18-11-6-9-16(22-18)14-27(25)13-15-7-2-1-3-8-15/h1-12H,13-14H2. The Kier molecular flexibility index (Phi) is 5.18. The molecule has 4 aromatic rings. The quantitative estimate of drug-likeness (QED) is 0.511. The summed E-state index contributed by atoms with van der Waals surface area (Å²) in [5, 5.41) is 1.20. The van der Waals surface area contributed by atoms with E-state index in [2.05, 4.69) is 9.97 Å². The van der Waals surface area contributed by atoms with Crippen molar-refractivity contribution < 1.29 is 4.21 Å². The zero-order chi connectivity index (χ0) is 18.6. The van der Waals surface area contributed by atoms with Gasteiger partial charge in [0.1, 0.15) is 5.01 Å². The van der Waals surface area contributed by atoms with E-state index in [0.29, 0.717) is 27.6 Å². The maximum absolute atomic E-state index is 12.5. The van der Waals surface area contributed by atoms with Gasteiger partial charge in [0.05, 0.1) is 22.5 Å². The lowest BCUT2D eigenvalue weighted by molar-refractivity contribution is 0.681. The summed E-state index contributed by atoms with van der Waals surface area (Å²) in [7, 11) is -1.05. The maximum atomic E-state index is 12.5. The molecule has 0 bridgehead atoms. The third-order valence-corrected chi connectivity index (χ3v) is 6.38. The van der Waals surface area contributed by atoms with Gasteiger partial charge < -0.3 is 0 Å². The van der Waals surface area contributed by atoms with Crippen LogP contribution < -0.4 is 5.56 Å². The molecule has 6 heteroatoms. The zero-order valence-electron chi connectivity index (χ0n) is 14.4. The lowest BCUT2D eigenvalue weighted by atomic mass is 10.2. The third-order valence-electron chi connectivity index (χ3n) is 4.03. The van der Waals surface area contributed by atoms with E-state index in [1.54, 1.807) is 6.07 Å². The van der Waals surface area contributed by atoms with Crippen LogP contribution in [-0.2, 0) is 22.3 Å². The minimum atomic E-state index is -1.05. The second-order valence-electron chi connectivity index (χ2n) is 6.05. The molecule has 2 heterocycles. The molecule has 4 nitrogen and oxygen atoms in total. The topological polar surface area (TPSA) is 59.9 Å². The molecule has 27 heavy (non-hydrogen) atoms. The highest BCUT2D eigenvalue weighted by molar-refractivity contribution is 7.83. The van der Waals surface area contributed by atoms with Gasteiger partial charge in [0.25, 0.3) is 5.56 Å². The van der Waals surface area contributed by atoms with E-state index in [9.17, 15) is 9.00 Å². The number of hydrogen-bond acceptors (Lipinski definition) is 5. The first-order valence-corrected chi connectivity index (χ1v) is 10.7. The summed E-state index contributed by atoms with van der Waals surface area (Å²) in [6.07, 6.45) is 0. The van der Waals surface area contributed by atoms with Crippen LogP contribution in [0.1, 0.15) is 11.3 Å². The predicted octanol–water partition coefficient (Wildman–Crippen LogP) is 4.17. The molecule has 1 unspecified atom stereocenters. The molecule has 0 amide bonds. The van der Waals surface area contributed by atoms with Gasteiger partial charge in [0.2, 0.25) is 0 Å². The smallest absolute Gasteiger partial charge is 0.267 e. The highest BCUT2D eigenvalue weighted by atomic mass is 32.2. The van der Waals surface area contributed by atoms with Crippen LogP contribution in [0.3, 0.4) is 0 Å². The summed E-state index contributed by atoms with van der Waals surface area (Å²) in [6, 6.07) is 22.7. The molecular formula is C21H16N2O2S2. The Morgan fingerprint density at radius 3 is 2.44 bits per heavy atom. The summed E-state index contributed by atoms with van der Waals surface area (Å²) in [5.74, 6) is 0.861. The van der Waals surface area contributed by atoms with E-state index in [4.69, 9.17) is 0 Å². The molecule has 0 saturated carbocycles. The van der Waals surface area contributed by atoms with Gasteiger partial charge in [-0.3, -0.25) is 9.00 Å². The van der Waals surface area contributed by atoms with E-state index >= 15 is 0 Å². The average Bonchev–Trinajstić information content (AvgIpc) is 2.69. The predicted molar refractivity (Wildman–Crippen MR) is 111 cm³/mol. The average molecular weight is 393 g/mol. The van der Waals surface area contributed by atoms with Gasteiger partial charge in [-0.2, -0.15) is 4.98 Å². The summed E-state index contributed by atoms with van der Waals surface area (Å²) in [5.41, 5.74) is 2.16. The summed E-state index contributed by atoms with van der Waals surface area (Å²) >= 11 is 1.43. The Labute approximate surface area is 163 Å². The van der Waals surface area contributed by atoms with Crippen molar-refractivity contribution in [1.29, 1.82) is 0 Å². The van der Waals surface area contributed by atoms with Crippen LogP contribution in [0, 0.1) is 0 Å². The summed E-state index contributed by atoms with van der Waals surface area (Å²) < 4.78 is 13.3. The van der Waals surface area contributed by atoms with Crippen LogP contribution in [0.5, 0.6) is 0 Å². The van der Waals surface area contributed by atoms with Gasteiger partial charge in [-0.05, 0) is 29.8 Å². The highest BCUT2D eigenvalue weighted by Crippen LogP contribution is 2.24. The van der Waals surface area contributed by atoms with Crippen molar-refractivity contribution in [2.24, 2.45) is 0 Å². The first-order valence-electron chi connectivity index (χ1n) is 8.44. The van der Waals surface area contributed by atoms with Crippen molar-refractivity contribution in [3.8, 4) is 10.7 Å². The maximum Gasteiger partial charge on any atom is 0.279 e. The summed E-state index contributed by atoms with van der Waals surface area (Å²) in [6.45, 7) is 0. The van der Waals surface area contributed by atoms with Crippen molar-refractivity contribution in [3.63, 3.8) is 0 Å². The molecule has 0 fully saturated rings. The highest BCUT2D eigenvalue weighted by Gasteiger charge is 2.10. The number of pyridine rings is 1. The molecule has 0 spiro atoms. The second kappa shape index (κ2) is 7.90. The van der Waals surface area contributed by atoms with Crippen molar-refractivity contribution in [3.05, 3.63) is 94.4 Å². The fraction of sp³-hybridized carbons (Fsp3) is 0.0952. The molecule has 1 atom stereocenters. The SMILES string of the molecule is O=c1nc(-c2cccc(CS(=O)Cc3ccccc3)n2)sc2ccccc12. The Hall–Kier alpha value is -2.70. The molecule has 0 aliphatic heterocycles. The molecule has 2 aromatic carbocycles. The Morgan fingerprint density at radius 1 is 0.815 bits per heavy atom. The number of aromatic nitrogens is 2. The zero-order valence-corrected chi connectivity index (χ0v) is 16.0. The molecule has 0 aliphatic carbocycles. The minimum absolute atomic E-state index is 0.251. The van der Waals surface area contributed by atoms with E-state index in [1.807, 2.05) is 66.7 Å². The van der Waals surface area contributed by atoms with Gasteiger partial charge in [-0.1, -0.05) is 48.5 Å². The van der Waals surface area contributed by atoms with Crippen LogP contribution in [-0.4, -0.2) is 14.2 Å². The largest absolute Gasteiger partial charge is 0.279 e. The van der Waals surface area contributed by atoms with Crippen LogP contribution in [0.4, 0.5) is 0 Å². The van der Waals surface area contributed by atoms with E-state index in [0.717, 1.165) is 16.0 Å². The van der Waals surface area contributed by atoms with Gasteiger partial charge in [0, 0.05) is 21.3 Å². The lowest BCUT2D eigenvalue weighted by Crippen LogP contribution is -2.07. The van der Waals surface area contributed by atoms with Gasteiger partial charge >= 0.3 is 0 Å². The number of fused-ring (bicyclic) bond motifs is 1. The van der Waals surface area contributed by atoms with Gasteiger partial charge in [-0.25, -0.2) is 4.98 Å². The number of hydrogen-bond donors (Lipinski definition) is 0. The monoisotopic (exact) mass is 392 g/mol. The normalized spacial score (nSPS) is 12.1. The van der Waals surface area contributed by atoms with E-state index in [-0.39, 0.29) is 5.56 Å². The Balaban J connectivity index is 1.59. The van der Waals surface area contributed by atoms with Gasteiger partial charge in [0.15, 0.2) is 0 Å². The molecule has 4 rings (SSSR count). The van der Waals surface area contributed by atoms with Crippen LogP contribution in [0.25, 0.3) is 20.8 Å². The molecule has 2 aromatic heterocycles. The van der Waals surface area contributed by atoms with E-state index in [1.165, 1.54) is 11.3 Å². The van der Waals surface area contributed by atoms with Crippen LogP contribution in [0.15, 0.2) is 77.6 Å². The van der Waals surface area contributed by atoms with Crippen molar-refractivity contribution >= 4 is 32.2 Å². The van der Waals surface area contributed by atoms with E-state index < -0.39 is 10.8 Å². The number of benzene rings is 2. The second-order valence-corrected chi connectivity index (χ2v) is 8.54. The Bertz CT molecular complexity index is 1170. The lowest BCUT2D eigenvalue weighted by Gasteiger charge is -2.05. The first kappa shape index (κ1) is 17.7. The van der Waals surface area contributed by atoms with Crippen LogP contribution in [0.2, 0.25) is 0 Å². The molecule has 0 saturated heterocycles. The fourth-order valence-electron chi connectivity index (χ4n) is 2.78. The Morgan fingerprint density at radius 2 is 1.59 bits per heavy atom. The first-order chi connectivity index (χ1) is 13.2. The fourth-order valence-corrected chi connectivity index (χ4v) is 4.90. The van der Waals surface area contributed by atoms with Gasteiger partial charge in [-0.15, -0.1) is 11.3 Å². The van der Waals surface area contributed by atoms with Crippen molar-refractivity contribution in [2.45, 2.75) is 11.5 Å². The van der Waals surface area contributed by atoms with Crippen molar-refractivity contribution in [2.75, 3.05) is 0 Å². The molecular weight excluding hydrogens is 376 g/mol. The molecule has 0 aliphatic rings. The third kappa shape index (κ3) is 4.18. The van der Waals surface area contributed by atoms with Crippen molar-refractivity contribution in [1.82, 2.24) is 9.97 Å². The number of rotatable bonds is 5. The molecule has 134 valence electrons. The summed E-state index contributed by atoms with van der Waals surface area (Å²) in [4.78, 5) is 21.0. The molecule has 0 radical (unpaired) electrons. The van der Waals surface area contributed by atoms with Crippen LogP contribution >= 0.6 is 11.3 Å². The number of nitrogens with zero attached hydrogens (tertiary/aromatic N) is 2.